The number of methoxy groups -OCH3 is 1. The Morgan fingerprint density at radius 1 is 1.14 bits per heavy atom. The fourth-order valence-electron chi connectivity index (χ4n) is 2.48. The summed E-state index contributed by atoms with van der Waals surface area (Å²) in [6.45, 7) is 2.42. The highest BCUT2D eigenvalue weighted by Crippen LogP contribution is 2.33. The molecule has 0 aliphatic heterocycles. The van der Waals surface area contributed by atoms with Gasteiger partial charge in [-0.1, -0.05) is 15.9 Å². The number of rotatable bonds is 6. The van der Waals surface area contributed by atoms with Gasteiger partial charge in [0.1, 0.15) is 5.58 Å². The Balaban J connectivity index is 1.77. The molecule has 6 nitrogen and oxygen atoms in total. The SMILES string of the molecule is CCOc1cc(Br)c(/C=N\NC(=O)c2cc3cc(Br)cc(Br)c3o2)cc1OC. The second-order valence-corrected chi connectivity index (χ2v) is 8.20. The van der Waals surface area contributed by atoms with E-state index < -0.39 is 5.91 Å². The summed E-state index contributed by atoms with van der Waals surface area (Å²) in [4.78, 5) is 12.3. The van der Waals surface area contributed by atoms with Gasteiger partial charge in [-0.3, -0.25) is 4.79 Å². The number of hydrazone groups is 1. The van der Waals surface area contributed by atoms with Crippen molar-refractivity contribution >= 4 is 70.9 Å². The van der Waals surface area contributed by atoms with Crippen molar-refractivity contribution in [2.24, 2.45) is 5.10 Å². The number of furan rings is 1. The summed E-state index contributed by atoms with van der Waals surface area (Å²) in [5, 5.41) is 4.81. The van der Waals surface area contributed by atoms with Crippen LogP contribution >= 0.6 is 47.8 Å². The monoisotopic (exact) mass is 572 g/mol. The zero-order valence-corrected chi connectivity index (χ0v) is 19.6. The third-order valence-corrected chi connectivity index (χ3v) is 5.45. The van der Waals surface area contributed by atoms with Crippen LogP contribution in [0, 0.1) is 0 Å². The zero-order chi connectivity index (χ0) is 20.3. The van der Waals surface area contributed by atoms with Crippen LogP contribution in [0.25, 0.3) is 11.0 Å². The third kappa shape index (κ3) is 4.59. The topological polar surface area (TPSA) is 73.1 Å². The molecule has 1 N–H and O–H groups in total. The van der Waals surface area contributed by atoms with Gasteiger partial charge in [0.05, 0.1) is 24.4 Å². The first-order valence-corrected chi connectivity index (χ1v) is 10.5. The first-order valence-electron chi connectivity index (χ1n) is 8.15. The fourth-order valence-corrected chi connectivity index (χ4v) is 4.24. The summed E-state index contributed by atoms with van der Waals surface area (Å²) >= 11 is 10.3. The number of nitrogens with one attached hydrogen (secondary N) is 1. The van der Waals surface area contributed by atoms with Crippen LogP contribution in [0.5, 0.6) is 11.5 Å². The quantitative estimate of drug-likeness (QED) is 0.294. The van der Waals surface area contributed by atoms with Crippen molar-refractivity contribution in [3.05, 3.63) is 55.1 Å². The van der Waals surface area contributed by atoms with Gasteiger partial charge in [0.25, 0.3) is 0 Å². The molecule has 0 saturated carbocycles. The Kier molecular flexibility index (Phi) is 6.79. The van der Waals surface area contributed by atoms with Crippen molar-refractivity contribution in [3.8, 4) is 11.5 Å². The molecule has 28 heavy (non-hydrogen) atoms. The molecule has 0 saturated heterocycles. The Bertz CT molecular complexity index is 1060. The van der Waals surface area contributed by atoms with Gasteiger partial charge in [-0.15, -0.1) is 0 Å². The molecular formula is C19H15Br3N2O4. The zero-order valence-electron chi connectivity index (χ0n) is 14.9. The van der Waals surface area contributed by atoms with Crippen LogP contribution in [0.4, 0.5) is 0 Å². The lowest BCUT2D eigenvalue weighted by Gasteiger charge is -2.11. The molecule has 0 aliphatic rings. The maximum atomic E-state index is 12.3. The molecule has 1 amide bonds. The molecule has 0 aliphatic carbocycles. The van der Waals surface area contributed by atoms with E-state index in [-0.39, 0.29) is 5.76 Å². The number of ether oxygens (including phenoxy) is 2. The van der Waals surface area contributed by atoms with Crippen LogP contribution in [0.2, 0.25) is 0 Å². The molecule has 0 bridgehead atoms. The first kappa shape index (κ1) is 20.9. The minimum Gasteiger partial charge on any atom is -0.493 e. The second kappa shape index (κ2) is 9.11. The number of benzene rings is 2. The van der Waals surface area contributed by atoms with Crippen LogP contribution < -0.4 is 14.9 Å². The Morgan fingerprint density at radius 2 is 1.93 bits per heavy atom. The number of hydrogen-bond acceptors (Lipinski definition) is 5. The van der Waals surface area contributed by atoms with Crippen LogP contribution in [0.3, 0.4) is 0 Å². The molecule has 0 fully saturated rings. The van der Waals surface area contributed by atoms with Crippen LogP contribution in [-0.4, -0.2) is 25.8 Å². The van der Waals surface area contributed by atoms with Crippen molar-refractivity contribution in [2.75, 3.05) is 13.7 Å². The van der Waals surface area contributed by atoms with Crippen molar-refractivity contribution < 1.29 is 18.7 Å². The van der Waals surface area contributed by atoms with Gasteiger partial charge in [-0.2, -0.15) is 5.10 Å². The maximum absolute atomic E-state index is 12.3. The smallest absolute Gasteiger partial charge is 0.307 e. The number of carbonyl (C=O) groups excluding carboxylic acids is 1. The number of hydrogen-bond donors (Lipinski definition) is 1. The summed E-state index contributed by atoms with van der Waals surface area (Å²) < 4.78 is 18.9. The van der Waals surface area contributed by atoms with Crippen molar-refractivity contribution in [1.29, 1.82) is 0 Å². The van der Waals surface area contributed by atoms with E-state index >= 15 is 0 Å². The van der Waals surface area contributed by atoms with E-state index in [0.29, 0.717) is 23.7 Å². The van der Waals surface area contributed by atoms with Crippen molar-refractivity contribution in [3.63, 3.8) is 0 Å². The van der Waals surface area contributed by atoms with Gasteiger partial charge in [-0.05, 0) is 69.1 Å². The largest absolute Gasteiger partial charge is 0.493 e. The fraction of sp³-hybridized carbons (Fsp3) is 0.158. The summed E-state index contributed by atoms with van der Waals surface area (Å²) in [5.41, 5.74) is 3.78. The second-order valence-electron chi connectivity index (χ2n) is 5.57. The van der Waals surface area contributed by atoms with Crippen LogP contribution in [0.1, 0.15) is 23.0 Å². The Hall–Kier alpha value is -1.84. The number of halogens is 3. The lowest BCUT2D eigenvalue weighted by Crippen LogP contribution is -2.16. The Morgan fingerprint density at radius 3 is 2.64 bits per heavy atom. The van der Waals surface area contributed by atoms with E-state index in [1.165, 1.54) is 6.21 Å². The summed E-state index contributed by atoms with van der Waals surface area (Å²) in [7, 11) is 1.56. The maximum Gasteiger partial charge on any atom is 0.307 e. The molecule has 0 radical (unpaired) electrons. The molecule has 0 atom stereocenters. The molecule has 9 heteroatoms. The van der Waals surface area contributed by atoms with Crippen molar-refractivity contribution in [2.45, 2.75) is 6.92 Å². The number of nitrogens with zero attached hydrogens (tertiary/aromatic N) is 1. The molecule has 0 spiro atoms. The average molecular weight is 575 g/mol. The normalized spacial score (nSPS) is 11.2. The average Bonchev–Trinajstić information content (AvgIpc) is 3.08. The highest BCUT2D eigenvalue weighted by molar-refractivity contribution is 9.11. The van der Waals surface area contributed by atoms with Crippen molar-refractivity contribution in [1.82, 2.24) is 5.43 Å². The van der Waals surface area contributed by atoms with Gasteiger partial charge in [0, 0.05) is 19.9 Å². The lowest BCUT2D eigenvalue weighted by atomic mass is 10.2. The number of amides is 1. The molecule has 146 valence electrons. The number of fused-ring (bicyclic) bond motifs is 1. The van der Waals surface area contributed by atoms with Gasteiger partial charge < -0.3 is 13.9 Å². The van der Waals surface area contributed by atoms with E-state index in [2.05, 4.69) is 58.3 Å². The third-order valence-electron chi connectivity index (χ3n) is 3.71. The van der Waals surface area contributed by atoms with Gasteiger partial charge in [0.2, 0.25) is 0 Å². The van der Waals surface area contributed by atoms with E-state index in [0.717, 1.165) is 24.4 Å². The summed E-state index contributed by atoms with van der Waals surface area (Å²) in [6.07, 6.45) is 1.51. The number of carbonyl (C=O) groups is 1. The van der Waals surface area contributed by atoms with Crippen LogP contribution in [-0.2, 0) is 0 Å². The van der Waals surface area contributed by atoms with Crippen LogP contribution in [0.15, 0.2) is 53.3 Å². The predicted octanol–water partition coefficient (Wildman–Crippen LogP) is 5.89. The molecule has 3 rings (SSSR count). The standard InChI is InChI=1S/C19H15Br3N2O4/c1-3-27-16-8-13(21)11(6-15(16)26-2)9-23-24-19(25)17-5-10-4-12(20)7-14(22)18(10)28-17/h4-9H,3H2,1-2H3,(H,24,25)/b23-9-. The van der Waals surface area contributed by atoms with Gasteiger partial charge in [0.15, 0.2) is 17.3 Å². The summed E-state index contributed by atoms with van der Waals surface area (Å²) in [6, 6.07) is 8.93. The molecule has 2 aromatic carbocycles. The van der Waals surface area contributed by atoms with E-state index in [1.807, 2.05) is 19.1 Å². The van der Waals surface area contributed by atoms with Gasteiger partial charge >= 0.3 is 5.91 Å². The molecular weight excluding hydrogens is 560 g/mol. The van der Waals surface area contributed by atoms with E-state index in [4.69, 9.17) is 13.9 Å². The molecule has 0 unspecified atom stereocenters. The minimum absolute atomic E-state index is 0.161. The highest BCUT2D eigenvalue weighted by atomic mass is 79.9. The highest BCUT2D eigenvalue weighted by Gasteiger charge is 2.14. The molecule has 1 heterocycles. The van der Waals surface area contributed by atoms with E-state index in [9.17, 15) is 4.79 Å². The molecule has 3 aromatic rings. The van der Waals surface area contributed by atoms with Gasteiger partial charge in [-0.25, -0.2) is 5.43 Å². The molecule has 1 aromatic heterocycles. The van der Waals surface area contributed by atoms with E-state index in [1.54, 1.807) is 25.3 Å². The first-order chi connectivity index (χ1) is 13.4. The summed E-state index contributed by atoms with van der Waals surface area (Å²) in [5.74, 6) is 0.904. The lowest BCUT2D eigenvalue weighted by molar-refractivity contribution is 0.0929. The predicted molar refractivity (Wildman–Crippen MR) is 119 cm³/mol. The minimum atomic E-state index is -0.454. The Labute approximate surface area is 186 Å².